The molecule has 0 saturated heterocycles. The molecule has 0 atom stereocenters. The Kier molecular flexibility index (Phi) is 8.38. The van der Waals surface area contributed by atoms with Gasteiger partial charge in [-0.2, -0.15) is 0 Å². The van der Waals surface area contributed by atoms with Gasteiger partial charge in [0.05, 0.1) is 0 Å². The second kappa shape index (κ2) is 10.00. The van der Waals surface area contributed by atoms with E-state index in [-0.39, 0.29) is 0 Å². The van der Waals surface area contributed by atoms with Gasteiger partial charge in [0, 0.05) is 32.9 Å². The predicted molar refractivity (Wildman–Crippen MR) is 76.2 cm³/mol. The molecule has 0 N–H and O–H groups in total. The van der Waals surface area contributed by atoms with E-state index < -0.39 is 0 Å². The van der Waals surface area contributed by atoms with Crippen LogP contribution in [-0.4, -0.2) is 24.4 Å². The van der Waals surface area contributed by atoms with Gasteiger partial charge in [0.15, 0.2) is 0 Å². The molecule has 0 saturated carbocycles. The lowest BCUT2D eigenvalue weighted by molar-refractivity contribution is -0.130. The smallest absolute Gasteiger partial charge is 0.222 e. The summed E-state index contributed by atoms with van der Waals surface area (Å²) in [5, 5.41) is 0. The Labute approximate surface area is 112 Å². The molecule has 1 heterocycles. The summed E-state index contributed by atoms with van der Waals surface area (Å²) >= 11 is 0. The van der Waals surface area contributed by atoms with Crippen LogP contribution < -0.4 is 0 Å². The maximum atomic E-state index is 11.8. The van der Waals surface area contributed by atoms with E-state index in [1.165, 1.54) is 32.1 Å². The lowest BCUT2D eigenvalue weighted by Gasteiger charge is -2.17. The van der Waals surface area contributed by atoms with Gasteiger partial charge >= 0.3 is 0 Å². The molecule has 0 aromatic rings. The number of hydrogen-bond donors (Lipinski definition) is 0. The molecule has 1 aliphatic heterocycles. The molecule has 2 heteroatoms. The highest BCUT2D eigenvalue weighted by Crippen LogP contribution is 2.09. The largest absolute Gasteiger partial charge is 0.346 e. The van der Waals surface area contributed by atoms with Crippen molar-refractivity contribution in [3.63, 3.8) is 0 Å². The van der Waals surface area contributed by atoms with Crippen LogP contribution in [0.4, 0.5) is 0 Å². The first-order valence-electron chi connectivity index (χ1n) is 7.50. The van der Waals surface area contributed by atoms with Crippen LogP contribution in [0, 0.1) is 11.8 Å². The highest BCUT2D eigenvalue weighted by Gasteiger charge is 2.07. The van der Waals surface area contributed by atoms with Crippen molar-refractivity contribution < 1.29 is 4.79 Å². The van der Waals surface area contributed by atoms with Crippen molar-refractivity contribution in [1.82, 2.24) is 4.90 Å². The van der Waals surface area contributed by atoms with Gasteiger partial charge in [-0.1, -0.05) is 25.7 Å². The minimum absolute atomic E-state index is 0.301. The maximum absolute atomic E-state index is 11.8. The first kappa shape index (κ1) is 15.1. The zero-order valence-electron chi connectivity index (χ0n) is 11.8. The Balaban J connectivity index is 2.31. The van der Waals surface area contributed by atoms with E-state index in [9.17, 15) is 4.79 Å². The molecule has 0 bridgehead atoms. The maximum Gasteiger partial charge on any atom is 0.222 e. The summed E-state index contributed by atoms with van der Waals surface area (Å²) in [5.74, 6) is 6.76. The van der Waals surface area contributed by atoms with E-state index >= 15 is 0 Å². The van der Waals surface area contributed by atoms with E-state index in [1.807, 2.05) is 11.9 Å². The van der Waals surface area contributed by atoms with Gasteiger partial charge in [-0.05, 0) is 25.7 Å². The first-order valence-corrected chi connectivity index (χ1v) is 7.50. The minimum Gasteiger partial charge on any atom is -0.346 e. The van der Waals surface area contributed by atoms with Crippen LogP contribution in [0.1, 0.15) is 70.6 Å². The summed E-state index contributed by atoms with van der Waals surface area (Å²) in [6.45, 7) is 0.929. The van der Waals surface area contributed by atoms with Gasteiger partial charge in [0.1, 0.15) is 0 Å². The fourth-order valence-electron chi connectivity index (χ4n) is 2.25. The van der Waals surface area contributed by atoms with E-state index in [2.05, 4.69) is 11.8 Å². The van der Waals surface area contributed by atoms with Crippen molar-refractivity contribution in [3.05, 3.63) is 0 Å². The molecule has 0 aliphatic carbocycles. The van der Waals surface area contributed by atoms with Crippen molar-refractivity contribution in [2.24, 2.45) is 0 Å². The van der Waals surface area contributed by atoms with Crippen molar-refractivity contribution in [3.8, 4) is 11.8 Å². The molecule has 18 heavy (non-hydrogen) atoms. The molecule has 0 unspecified atom stereocenters. The molecule has 102 valence electrons. The molecule has 0 aromatic carbocycles. The Morgan fingerprint density at radius 3 is 2.11 bits per heavy atom. The molecule has 1 aliphatic rings. The molecule has 0 fully saturated rings. The normalized spacial score (nSPS) is 21.2. The first-order chi connectivity index (χ1) is 8.80. The quantitative estimate of drug-likeness (QED) is 0.599. The summed E-state index contributed by atoms with van der Waals surface area (Å²) in [4.78, 5) is 13.7. The lowest BCUT2D eigenvalue weighted by Crippen LogP contribution is -2.27. The molecule has 1 rings (SSSR count). The average molecular weight is 249 g/mol. The Morgan fingerprint density at radius 2 is 1.39 bits per heavy atom. The van der Waals surface area contributed by atoms with Crippen LogP contribution in [0.2, 0.25) is 0 Å². The molecular weight excluding hydrogens is 222 g/mol. The van der Waals surface area contributed by atoms with Gasteiger partial charge < -0.3 is 4.90 Å². The average Bonchev–Trinajstić information content (AvgIpc) is 2.37. The Morgan fingerprint density at radius 1 is 0.833 bits per heavy atom. The summed E-state index contributed by atoms with van der Waals surface area (Å²) in [5.41, 5.74) is 0. The number of carbonyl (C=O) groups excluding carboxylic acids is 1. The van der Waals surface area contributed by atoms with Crippen molar-refractivity contribution >= 4 is 5.91 Å². The standard InChI is InChI=1S/C16H27NO/c1-17-15-13-11-9-7-5-3-2-4-6-8-10-12-14-16(17)18/h2-3,5,7-15H2,1H3. The number of carbonyl (C=O) groups is 1. The van der Waals surface area contributed by atoms with Gasteiger partial charge in [0.25, 0.3) is 0 Å². The predicted octanol–water partition coefficient (Wildman–Crippen LogP) is 3.75. The third-order valence-corrected chi connectivity index (χ3v) is 3.54. The van der Waals surface area contributed by atoms with Crippen molar-refractivity contribution in [1.29, 1.82) is 0 Å². The second-order valence-electron chi connectivity index (χ2n) is 5.25. The van der Waals surface area contributed by atoms with Crippen LogP contribution in [-0.2, 0) is 4.79 Å². The molecule has 0 spiro atoms. The Hall–Kier alpha value is -0.970. The Bertz CT molecular complexity index is 287. The van der Waals surface area contributed by atoms with Crippen LogP contribution in [0.15, 0.2) is 0 Å². The monoisotopic (exact) mass is 249 g/mol. The molecule has 0 radical (unpaired) electrons. The summed E-state index contributed by atoms with van der Waals surface area (Å²) in [6.07, 6.45) is 12.3. The third-order valence-electron chi connectivity index (χ3n) is 3.54. The topological polar surface area (TPSA) is 20.3 Å². The number of rotatable bonds is 0. The number of hydrogen-bond acceptors (Lipinski definition) is 1. The third kappa shape index (κ3) is 7.37. The van der Waals surface area contributed by atoms with Crippen molar-refractivity contribution in [2.75, 3.05) is 13.6 Å². The summed E-state index contributed by atoms with van der Waals surface area (Å²) in [6, 6.07) is 0. The summed E-state index contributed by atoms with van der Waals surface area (Å²) in [7, 11) is 1.94. The van der Waals surface area contributed by atoms with Crippen LogP contribution >= 0.6 is 0 Å². The lowest BCUT2D eigenvalue weighted by atomic mass is 10.1. The zero-order chi connectivity index (χ0) is 13.1. The van der Waals surface area contributed by atoms with Gasteiger partial charge in [-0.15, -0.1) is 11.8 Å². The fourth-order valence-corrected chi connectivity index (χ4v) is 2.25. The highest BCUT2D eigenvalue weighted by molar-refractivity contribution is 5.75. The van der Waals surface area contributed by atoms with Crippen LogP contribution in [0.25, 0.3) is 0 Å². The number of amides is 1. The fraction of sp³-hybridized carbons (Fsp3) is 0.812. The van der Waals surface area contributed by atoms with E-state index in [0.717, 1.165) is 38.6 Å². The van der Waals surface area contributed by atoms with Crippen LogP contribution in [0.5, 0.6) is 0 Å². The van der Waals surface area contributed by atoms with E-state index in [1.54, 1.807) is 0 Å². The molecule has 0 aromatic heterocycles. The SMILES string of the molecule is CN1CCCCCCCCC#CCCCCC1=O. The van der Waals surface area contributed by atoms with E-state index in [0.29, 0.717) is 12.3 Å². The van der Waals surface area contributed by atoms with Gasteiger partial charge in [-0.25, -0.2) is 0 Å². The molecule has 1 amide bonds. The minimum atomic E-state index is 0.301. The van der Waals surface area contributed by atoms with Crippen molar-refractivity contribution in [2.45, 2.75) is 70.6 Å². The van der Waals surface area contributed by atoms with Gasteiger partial charge in [-0.3, -0.25) is 4.79 Å². The van der Waals surface area contributed by atoms with Crippen LogP contribution in [0.3, 0.4) is 0 Å². The summed E-state index contributed by atoms with van der Waals surface area (Å²) < 4.78 is 0. The second-order valence-corrected chi connectivity index (χ2v) is 5.25. The molecule has 2 nitrogen and oxygen atoms in total. The highest BCUT2D eigenvalue weighted by atomic mass is 16.2. The molecular formula is C16H27NO. The number of nitrogens with zero attached hydrogens (tertiary/aromatic N) is 1. The van der Waals surface area contributed by atoms with E-state index in [4.69, 9.17) is 0 Å². The van der Waals surface area contributed by atoms with Gasteiger partial charge in [0.2, 0.25) is 5.91 Å². The zero-order valence-corrected chi connectivity index (χ0v) is 11.8.